The molecule has 0 aromatic carbocycles. The minimum atomic E-state index is 0.455. The van der Waals surface area contributed by atoms with E-state index in [0.29, 0.717) is 5.16 Å². The van der Waals surface area contributed by atoms with Crippen LogP contribution in [0.5, 0.6) is 0 Å². The van der Waals surface area contributed by atoms with E-state index in [1.165, 1.54) is 103 Å². The molecule has 0 aliphatic rings. The molecule has 0 N–H and O–H groups in total. The second-order valence-corrected chi connectivity index (χ2v) is 9.25. The van der Waals surface area contributed by atoms with Crippen LogP contribution in [0, 0.1) is 0 Å². The molecule has 1 unspecified atom stereocenters. The second kappa shape index (κ2) is 15.3. The van der Waals surface area contributed by atoms with E-state index in [1.807, 2.05) is 0 Å². The fourth-order valence-electron chi connectivity index (χ4n) is 2.95. The van der Waals surface area contributed by atoms with E-state index in [-0.39, 0.29) is 0 Å². The standard InChI is InChI=1S/C20H43P/c1-4-5-6-7-8-9-10-11-12-13-14-15-16-17-18-19-20(2,3)21/h4-19,21H2,1-3H3. The fourth-order valence-corrected chi connectivity index (χ4v) is 3.16. The number of hydrogen-bond acceptors (Lipinski definition) is 0. The first-order valence-corrected chi connectivity index (χ1v) is 10.4. The predicted molar refractivity (Wildman–Crippen MR) is 103 cm³/mol. The molecule has 1 heteroatoms. The molecule has 0 aromatic heterocycles. The lowest BCUT2D eigenvalue weighted by Crippen LogP contribution is -2.07. The van der Waals surface area contributed by atoms with Crippen LogP contribution in [0.15, 0.2) is 0 Å². The highest BCUT2D eigenvalue weighted by atomic mass is 31.0. The summed E-state index contributed by atoms with van der Waals surface area (Å²) in [6.07, 6.45) is 23.2. The van der Waals surface area contributed by atoms with Crippen molar-refractivity contribution in [1.29, 1.82) is 0 Å². The van der Waals surface area contributed by atoms with Gasteiger partial charge in [0.05, 0.1) is 0 Å². The lowest BCUT2D eigenvalue weighted by molar-refractivity contribution is 0.517. The largest absolute Gasteiger partial charge is 0.132 e. The summed E-state index contributed by atoms with van der Waals surface area (Å²) in [5.74, 6) is 0. The Balaban J connectivity index is 3.00. The number of hydrogen-bond donors (Lipinski definition) is 0. The summed E-state index contributed by atoms with van der Waals surface area (Å²) in [6.45, 7) is 6.94. The number of rotatable bonds is 16. The zero-order chi connectivity index (χ0) is 15.8. The van der Waals surface area contributed by atoms with Gasteiger partial charge in [0.1, 0.15) is 0 Å². The zero-order valence-electron chi connectivity index (χ0n) is 15.4. The first-order chi connectivity index (χ1) is 10.1. The summed E-state index contributed by atoms with van der Waals surface area (Å²) in [6, 6.07) is 0. The van der Waals surface area contributed by atoms with Gasteiger partial charge in [-0.2, -0.15) is 0 Å². The normalized spacial score (nSPS) is 12.0. The minimum Gasteiger partial charge on any atom is -0.132 e. The Labute approximate surface area is 138 Å². The average Bonchev–Trinajstić information content (AvgIpc) is 2.42. The lowest BCUT2D eigenvalue weighted by Gasteiger charge is -2.17. The van der Waals surface area contributed by atoms with Gasteiger partial charge in [-0.1, -0.05) is 117 Å². The molecular weight excluding hydrogens is 271 g/mol. The molecule has 0 saturated heterocycles. The van der Waals surface area contributed by atoms with Crippen molar-refractivity contribution >= 4 is 9.24 Å². The zero-order valence-corrected chi connectivity index (χ0v) is 16.5. The van der Waals surface area contributed by atoms with Gasteiger partial charge in [0.15, 0.2) is 0 Å². The van der Waals surface area contributed by atoms with Crippen LogP contribution in [-0.4, -0.2) is 5.16 Å². The van der Waals surface area contributed by atoms with Crippen LogP contribution in [0.25, 0.3) is 0 Å². The summed E-state index contributed by atoms with van der Waals surface area (Å²) in [4.78, 5) is 0. The van der Waals surface area contributed by atoms with Gasteiger partial charge >= 0.3 is 0 Å². The maximum atomic E-state index is 2.96. The highest BCUT2D eigenvalue weighted by Gasteiger charge is 2.08. The van der Waals surface area contributed by atoms with E-state index in [2.05, 4.69) is 30.0 Å². The third-order valence-corrected chi connectivity index (χ3v) is 4.71. The third-order valence-electron chi connectivity index (χ3n) is 4.42. The van der Waals surface area contributed by atoms with Crippen molar-refractivity contribution in [2.45, 2.75) is 129 Å². The summed E-state index contributed by atoms with van der Waals surface area (Å²) in [5, 5.41) is 0.455. The Morgan fingerprint density at radius 3 is 1.10 bits per heavy atom. The molecule has 0 saturated carbocycles. The van der Waals surface area contributed by atoms with Crippen molar-refractivity contribution in [3.63, 3.8) is 0 Å². The van der Waals surface area contributed by atoms with E-state index in [0.717, 1.165) is 0 Å². The van der Waals surface area contributed by atoms with Crippen molar-refractivity contribution in [2.24, 2.45) is 0 Å². The lowest BCUT2D eigenvalue weighted by atomic mass is 10.0. The van der Waals surface area contributed by atoms with E-state index < -0.39 is 0 Å². The molecule has 0 heterocycles. The molecule has 0 radical (unpaired) electrons. The van der Waals surface area contributed by atoms with Crippen molar-refractivity contribution in [3.8, 4) is 0 Å². The van der Waals surface area contributed by atoms with Crippen LogP contribution < -0.4 is 0 Å². The topological polar surface area (TPSA) is 0 Å². The SMILES string of the molecule is CCCCCCCCCCCCCCCCCC(C)(C)P. The van der Waals surface area contributed by atoms with E-state index in [9.17, 15) is 0 Å². The Hall–Kier alpha value is 0.430. The van der Waals surface area contributed by atoms with Gasteiger partial charge in [-0.15, -0.1) is 9.24 Å². The quantitative estimate of drug-likeness (QED) is 0.200. The Bertz CT molecular complexity index is 193. The molecule has 0 aromatic rings. The van der Waals surface area contributed by atoms with Gasteiger partial charge in [-0.25, -0.2) is 0 Å². The Kier molecular flexibility index (Phi) is 15.6. The van der Waals surface area contributed by atoms with Gasteiger partial charge < -0.3 is 0 Å². The molecule has 128 valence electrons. The molecule has 0 spiro atoms. The third kappa shape index (κ3) is 20.4. The predicted octanol–water partition coefficient (Wildman–Crippen LogP) is 7.90. The van der Waals surface area contributed by atoms with Crippen molar-refractivity contribution in [2.75, 3.05) is 0 Å². The first kappa shape index (κ1) is 21.4. The summed E-state index contributed by atoms with van der Waals surface area (Å²) in [7, 11) is 2.96. The van der Waals surface area contributed by atoms with Crippen LogP contribution in [0.4, 0.5) is 0 Å². The van der Waals surface area contributed by atoms with Gasteiger partial charge in [0.2, 0.25) is 0 Å². The second-order valence-electron chi connectivity index (χ2n) is 7.69. The van der Waals surface area contributed by atoms with E-state index >= 15 is 0 Å². The molecule has 0 bridgehead atoms. The molecule has 21 heavy (non-hydrogen) atoms. The van der Waals surface area contributed by atoms with Crippen LogP contribution in [-0.2, 0) is 0 Å². The average molecular weight is 315 g/mol. The molecule has 0 aliphatic heterocycles. The van der Waals surface area contributed by atoms with E-state index in [1.54, 1.807) is 0 Å². The molecule has 0 amide bonds. The minimum absolute atomic E-state index is 0.455. The molecule has 0 rings (SSSR count). The van der Waals surface area contributed by atoms with Gasteiger partial charge in [0.25, 0.3) is 0 Å². The van der Waals surface area contributed by atoms with Crippen molar-refractivity contribution < 1.29 is 0 Å². The Morgan fingerprint density at radius 2 is 0.810 bits per heavy atom. The molecule has 0 aliphatic carbocycles. The Morgan fingerprint density at radius 1 is 0.524 bits per heavy atom. The summed E-state index contributed by atoms with van der Waals surface area (Å²) < 4.78 is 0. The highest BCUT2D eigenvalue weighted by Crippen LogP contribution is 2.24. The van der Waals surface area contributed by atoms with Gasteiger partial charge in [-0.05, 0) is 11.6 Å². The molecule has 0 fully saturated rings. The smallest absolute Gasteiger partial charge is 0.0207 e. The van der Waals surface area contributed by atoms with Crippen LogP contribution in [0.1, 0.15) is 124 Å². The maximum Gasteiger partial charge on any atom is -0.0207 e. The molecular formula is C20H43P. The summed E-state index contributed by atoms with van der Waals surface area (Å²) in [5.41, 5.74) is 0. The number of unbranched alkanes of at least 4 members (excludes halogenated alkanes) is 14. The first-order valence-electron chi connectivity index (χ1n) is 9.85. The molecule has 0 nitrogen and oxygen atoms in total. The van der Waals surface area contributed by atoms with Crippen molar-refractivity contribution in [1.82, 2.24) is 0 Å². The molecule has 1 atom stereocenters. The van der Waals surface area contributed by atoms with E-state index in [4.69, 9.17) is 0 Å². The monoisotopic (exact) mass is 314 g/mol. The van der Waals surface area contributed by atoms with Crippen molar-refractivity contribution in [3.05, 3.63) is 0 Å². The summed E-state index contributed by atoms with van der Waals surface area (Å²) >= 11 is 0. The van der Waals surface area contributed by atoms with Crippen LogP contribution in [0.3, 0.4) is 0 Å². The van der Waals surface area contributed by atoms with Crippen LogP contribution >= 0.6 is 9.24 Å². The van der Waals surface area contributed by atoms with Gasteiger partial charge in [-0.3, -0.25) is 0 Å². The highest BCUT2D eigenvalue weighted by molar-refractivity contribution is 7.18. The maximum absolute atomic E-state index is 2.96. The van der Waals surface area contributed by atoms with Crippen LogP contribution in [0.2, 0.25) is 0 Å². The van der Waals surface area contributed by atoms with Gasteiger partial charge in [0, 0.05) is 0 Å². The fraction of sp³-hybridized carbons (Fsp3) is 1.00.